The summed E-state index contributed by atoms with van der Waals surface area (Å²) in [4.78, 5) is 10.4. The SMILES string of the molecule is COc1ccc(Oc2cc(Cl)nnc2Cl)c([N+](=O)[O-])c1. The van der Waals surface area contributed by atoms with Crippen molar-refractivity contribution in [2.75, 3.05) is 7.11 Å². The van der Waals surface area contributed by atoms with Crippen molar-refractivity contribution in [1.82, 2.24) is 10.2 Å². The van der Waals surface area contributed by atoms with Gasteiger partial charge >= 0.3 is 5.69 Å². The van der Waals surface area contributed by atoms with Crippen LogP contribution in [0.1, 0.15) is 0 Å². The van der Waals surface area contributed by atoms with E-state index in [-0.39, 0.29) is 27.5 Å². The second-order valence-electron chi connectivity index (χ2n) is 3.51. The summed E-state index contributed by atoms with van der Waals surface area (Å²) < 4.78 is 10.3. The first-order valence-electron chi connectivity index (χ1n) is 5.20. The fourth-order valence-electron chi connectivity index (χ4n) is 1.38. The summed E-state index contributed by atoms with van der Waals surface area (Å²) in [6.45, 7) is 0. The van der Waals surface area contributed by atoms with Crippen LogP contribution < -0.4 is 9.47 Å². The smallest absolute Gasteiger partial charge is 0.315 e. The molecule has 0 aliphatic carbocycles. The van der Waals surface area contributed by atoms with Crippen molar-refractivity contribution in [1.29, 1.82) is 0 Å². The average molecular weight is 316 g/mol. The molecule has 20 heavy (non-hydrogen) atoms. The Labute approximate surface area is 123 Å². The Morgan fingerprint density at radius 2 is 1.95 bits per heavy atom. The van der Waals surface area contributed by atoms with E-state index in [0.717, 1.165) is 0 Å². The minimum atomic E-state index is -0.595. The number of hydrogen-bond donors (Lipinski definition) is 0. The van der Waals surface area contributed by atoms with Crippen LogP contribution in [0.4, 0.5) is 5.69 Å². The maximum atomic E-state index is 11.0. The van der Waals surface area contributed by atoms with E-state index in [2.05, 4.69) is 10.2 Å². The van der Waals surface area contributed by atoms with Gasteiger partial charge in [-0.05, 0) is 12.1 Å². The molecule has 2 aromatic rings. The molecule has 0 aliphatic rings. The van der Waals surface area contributed by atoms with Crippen LogP contribution in [0.3, 0.4) is 0 Å². The third-order valence-electron chi connectivity index (χ3n) is 2.27. The number of aromatic nitrogens is 2. The van der Waals surface area contributed by atoms with Crippen LogP contribution in [0.15, 0.2) is 24.3 Å². The number of nitro benzene ring substituents is 1. The van der Waals surface area contributed by atoms with Gasteiger partial charge in [0.05, 0.1) is 18.1 Å². The normalized spacial score (nSPS) is 10.2. The van der Waals surface area contributed by atoms with Gasteiger partial charge in [0.2, 0.25) is 5.75 Å². The second kappa shape index (κ2) is 5.89. The Balaban J connectivity index is 2.42. The van der Waals surface area contributed by atoms with Crippen molar-refractivity contribution in [2.24, 2.45) is 0 Å². The Hall–Kier alpha value is -2.12. The number of halogens is 2. The summed E-state index contributed by atoms with van der Waals surface area (Å²) in [5.74, 6) is 0.391. The molecular weight excluding hydrogens is 309 g/mol. The van der Waals surface area contributed by atoms with Crippen LogP contribution in [0.2, 0.25) is 10.3 Å². The van der Waals surface area contributed by atoms with E-state index >= 15 is 0 Å². The molecule has 0 atom stereocenters. The van der Waals surface area contributed by atoms with Gasteiger partial charge < -0.3 is 9.47 Å². The molecule has 9 heteroatoms. The fourth-order valence-corrected chi connectivity index (χ4v) is 1.65. The van der Waals surface area contributed by atoms with Crippen molar-refractivity contribution in [2.45, 2.75) is 0 Å². The van der Waals surface area contributed by atoms with Crippen LogP contribution >= 0.6 is 23.2 Å². The van der Waals surface area contributed by atoms with Crippen molar-refractivity contribution < 1.29 is 14.4 Å². The highest BCUT2D eigenvalue weighted by atomic mass is 35.5. The zero-order valence-electron chi connectivity index (χ0n) is 10.0. The molecule has 1 aromatic heterocycles. The molecule has 0 spiro atoms. The lowest BCUT2D eigenvalue weighted by molar-refractivity contribution is -0.385. The van der Waals surface area contributed by atoms with Gasteiger partial charge in [-0.25, -0.2) is 0 Å². The van der Waals surface area contributed by atoms with Gasteiger partial charge in [-0.2, -0.15) is 0 Å². The van der Waals surface area contributed by atoms with Crippen molar-refractivity contribution in [3.8, 4) is 17.2 Å². The molecule has 1 aromatic carbocycles. The molecule has 0 fully saturated rings. The van der Waals surface area contributed by atoms with Crippen LogP contribution in [-0.2, 0) is 0 Å². The number of rotatable bonds is 4. The maximum absolute atomic E-state index is 11.0. The lowest BCUT2D eigenvalue weighted by Crippen LogP contribution is -1.96. The van der Waals surface area contributed by atoms with Crippen molar-refractivity contribution >= 4 is 28.9 Å². The average Bonchev–Trinajstić information content (AvgIpc) is 2.43. The number of methoxy groups -OCH3 is 1. The van der Waals surface area contributed by atoms with Gasteiger partial charge in [0.1, 0.15) is 5.75 Å². The number of ether oxygens (including phenoxy) is 2. The van der Waals surface area contributed by atoms with Crippen LogP contribution in [0, 0.1) is 10.1 Å². The van der Waals surface area contributed by atoms with Gasteiger partial charge in [-0.1, -0.05) is 23.2 Å². The molecule has 0 radical (unpaired) electrons. The van der Waals surface area contributed by atoms with Crippen LogP contribution in [0.25, 0.3) is 0 Å². The number of benzene rings is 1. The quantitative estimate of drug-likeness (QED) is 0.634. The molecule has 0 saturated carbocycles. The number of nitrogens with zero attached hydrogens (tertiary/aromatic N) is 3. The lowest BCUT2D eigenvalue weighted by atomic mass is 10.3. The standard InChI is InChI=1S/C11H7Cl2N3O4/c1-19-6-2-3-8(7(4-6)16(17)18)20-9-5-10(12)14-15-11(9)13/h2-5H,1H3. The maximum Gasteiger partial charge on any atom is 0.315 e. The van der Waals surface area contributed by atoms with Crippen LogP contribution in [-0.4, -0.2) is 22.2 Å². The second-order valence-corrected chi connectivity index (χ2v) is 4.26. The Morgan fingerprint density at radius 3 is 2.60 bits per heavy atom. The summed E-state index contributed by atoms with van der Waals surface area (Å²) >= 11 is 11.5. The summed E-state index contributed by atoms with van der Waals surface area (Å²) in [6, 6.07) is 5.46. The van der Waals surface area contributed by atoms with E-state index in [1.54, 1.807) is 0 Å². The first kappa shape index (κ1) is 14.3. The molecule has 0 amide bonds. The first-order valence-corrected chi connectivity index (χ1v) is 5.96. The van der Waals surface area contributed by atoms with Gasteiger partial charge in [-0.3, -0.25) is 10.1 Å². The Bertz CT molecular complexity index is 666. The van der Waals surface area contributed by atoms with E-state index in [1.165, 1.54) is 31.4 Å². The lowest BCUT2D eigenvalue weighted by Gasteiger charge is -2.08. The predicted molar refractivity (Wildman–Crippen MR) is 71.8 cm³/mol. The zero-order valence-corrected chi connectivity index (χ0v) is 11.6. The highest BCUT2D eigenvalue weighted by Gasteiger charge is 2.19. The molecule has 7 nitrogen and oxygen atoms in total. The molecule has 0 N–H and O–H groups in total. The molecule has 2 rings (SSSR count). The molecular formula is C11H7Cl2N3O4. The topological polar surface area (TPSA) is 87.4 Å². The monoisotopic (exact) mass is 315 g/mol. The largest absolute Gasteiger partial charge is 0.496 e. The Morgan fingerprint density at radius 1 is 1.20 bits per heavy atom. The molecule has 0 saturated heterocycles. The summed E-state index contributed by atoms with van der Waals surface area (Å²) in [7, 11) is 1.41. The third-order valence-corrected chi connectivity index (χ3v) is 2.72. The van der Waals surface area contributed by atoms with E-state index in [1.807, 2.05) is 0 Å². The zero-order chi connectivity index (χ0) is 14.7. The van der Waals surface area contributed by atoms with E-state index < -0.39 is 4.92 Å². The summed E-state index contributed by atoms with van der Waals surface area (Å²) in [5.41, 5.74) is -0.270. The third kappa shape index (κ3) is 3.06. The molecule has 0 unspecified atom stereocenters. The van der Waals surface area contributed by atoms with Gasteiger partial charge in [0.25, 0.3) is 0 Å². The first-order chi connectivity index (χ1) is 9.51. The summed E-state index contributed by atoms with van der Waals surface area (Å²) in [5, 5.41) is 18.1. The van der Waals surface area contributed by atoms with E-state index in [0.29, 0.717) is 5.75 Å². The van der Waals surface area contributed by atoms with Crippen molar-refractivity contribution in [3.05, 3.63) is 44.7 Å². The number of hydrogen-bond acceptors (Lipinski definition) is 6. The van der Waals surface area contributed by atoms with Gasteiger partial charge in [0.15, 0.2) is 16.1 Å². The molecule has 104 valence electrons. The molecule has 0 aliphatic heterocycles. The highest BCUT2D eigenvalue weighted by Crippen LogP contribution is 2.36. The van der Waals surface area contributed by atoms with Crippen LogP contribution in [0.5, 0.6) is 17.2 Å². The molecule has 0 bridgehead atoms. The Kier molecular flexibility index (Phi) is 4.21. The van der Waals surface area contributed by atoms with Gasteiger partial charge in [-0.15, -0.1) is 10.2 Å². The number of nitro groups is 1. The van der Waals surface area contributed by atoms with Crippen molar-refractivity contribution in [3.63, 3.8) is 0 Å². The predicted octanol–water partition coefficient (Wildman–Crippen LogP) is 3.49. The van der Waals surface area contributed by atoms with Gasteiger partial charge in [0, 0.05) is 6.07 Å². The summed E-state index contributed by atoms with van der Waals surface area (Å²) in [6.07, 6.45) is 0. The minimum Gasteiger partial charge on any atom is -0.496 e. The minimum absolute atomic E-state index is 0.0123. The molecule has 1 heterocycles. The van der Waals surface area contributed by atoms with E-state index in [4.69, 9.17) is 32.7 Å². The van der Waals surface area contributed by atoms with E-state index in [9.17, 15) is 10.1 Å². The highest BCUT2D eigenvalue weighted by molar-refractivity contribution is 6.32. The fraction of sp³-hybridized carbons (Fsp3) is 0.0909.